The molecule has 200 valence electrons. The SMILES string of the molecule is [2H]c1c([2H])c([2H])c(-c2c3ccccc3c(-c3cccc(-c4cccc5c4oc4cc6ccccc6cc45)c3)c3ccccc23)c([2H])c1[2H]. The van der Waals surface area contributed by atoms with Crippen molar-refractivity contribution < 1.29 is 11.3 Å². The number of rotatable bonds is 3. The van der Waals surface area contributed by atoms with Crippen molar-refractivity contribution in [2.75, 3.05) is 0 Å². The van der Waals surface area contributed by atoms with Gasteiger partial charge in [0.1, 0.15) is 11.2 Å². The Hall–Kier alpha value is -5.66. The predicted octanol–water partition coefficient (Wildman–Crippen LogP) is 12.0. The van der Waals surface area contributed by atoms with E-state index in [0.29, 0.717) is 5.56 Å². The van der Waals surface area contributed by atoms with Crippen LogP contribution < -0.4 is 0 Å². The molecule has 0 saturated heterocycles. The summed E-state index contributed by atoms with van der Waals surface area (Å²) in [5.41, 5.74) is 6.58. The van der Waals surface area contributed by atoms with Gasteiger partial charge in [0.2, 0.25) is 0 Å². The van der Waals surface area contributed by atoms with Gasteiger partial charge in [-0.3, -0.25) is 0 Å². The lowest BCUT2D eigenvalue weighted by atomic mass is 9.85. The van der Waals surface area contributed by atoms with Crippen molar-refractivity contribution >= 4 is 54.3 Å². The summed E-state index contributed by atoms with van der Waals surface area (Å²) in [6, 6.07) is 41.8. The van der Waals surface area contributed by atoms with Crippen LogP contribution in [-0.2, 0) is 0 Å². The molecule has 0 radical (unpaired) electrons. The Balaban J connectivity index is 1.31. The van der Waals surface area contributed by atoms with E-state index in [4.69, 9.17) is 11.3 Å². The molecule has 1 heterocycles. The van der Waals surface area contributed by atoms with E-state index < -0.39 is 6.04 Å². The fraction of sp³-hybridized carbons (Fsp3) is 0. The van der Waals surface area contributed by atoms with Gasteiger partial charge >= 0.3 is 0 Å². The maximum Gasteiger partial charge on any atom is 0.143 e. The average Bonchev–Trinajstić information content (AvgIpc) is 3.49. The molecule has 8 aromatic carbocycles. The Morgan fingerprint density at radius 2 is 0.977 bits per heavy atom. The molecule has 0 bridgehead atoms. The predicted molar refractivity (Wildman–Crippen MR) is 183 cm³/mol. The van der Waals surface area contributed by atoms with Gasteiger partial charge in [-0.15, -0.1) is 0 Å². The number of hydrogen-bond donors (Lipinski definition) is 0. The number of fused-ring (bicyclic) bond motifs is 6. The summed E-state index contributed by atoms with van der Waals surface area (Å²) in [7, 11) is 0. The Labute approximate surface area is 256 Å². The van der Waals surface area contributed by atoms with Gasteiger partial charge < -0.3 is 4.42 Å². The minimum absolute atomic E-state index is 0.206. The molecule has 1 aromatic heterocycles. The highest BCUT2D eigenvalue weighted by atomic mass is 16.3. The zero-order valence-electron chi connectivity index (χ0n) is 28.0. The molecule has 9 rings (SSSR count). The first-order valence-electron chi connectivity index (χ1n) is 16.9. The van der Waals surface area contributed by atoms with Crippen LogP contribution in [0.2, 0.25) is 0 Å². The van der Waals surface area contributed by atoms with Crippen LogP contribution in [0.1, 0.15) is 6.85 Å². The van der Waals surface area contributed by atoms with Gasteiger partial charge in [0, 0.05) is 16.3 Å². The van der Waals surface area contributed by atoms with E-state index in [1.165, 1.54) is 5.39 Å². The van der Waals surface area contributed by atoms with Crippen LogP contribution in [0.25, 0.3) is 87.6 Å². The number of para-hydroxylation sites is 1. The highest BCUT2D eigenvalue weighted by Gasteiger charge is 2.18. The average molecular weight is 552 g/mol. The van der Waals surface area contributed by atoms with Crippen LogP contribution in [0.5, 0.6) is 0 Å². The van der Waals surface area contributed by atoms with Crippen LogP contribution in [0.4, 0.5) is 0 Å². The molecule has 0 spiro atoms. The fourth-order valence-corrected chi connectivity index (χ4v) is 6.64. The van der Waals surface area contributed by atoms with Gasteiger partial charge in [0.05, 0.1) is 6.85 Å². The molecule has 0 aliphatic carbocycles. The molecule has 1 heteroatoms. The lowest BCUT2D eigenvalue weighted by Gasteiger charge is -2.18. The van der Waals surface area contributed by atoms with Gasteiger partial charge in [0.15, 0.2) is 0 Å². The molecule has 0 unspecified atom stereocenters. The summed E-state index contributed by atoms with van der Waals surface area (Å²) >= 11 is 0. The smallest absolute Gasteiger partial charge is 0.143 e. The van der Waals surface area contributed by atoms with Crippen LogP contribution in [-0.4, -0.2) is 0 Å². The largest absolute Gasteiger partial charge is 0.455 e. The number of benzene rings is 8. The van der Waals surface area contributed by atoms with E-state index in [1.807, 2.05) is 54.6 Å². The molecule has 9 aromatic rings. The van der Waals surface area contributed by atoms with E-state index in [2.05, 4.69) is 72.8 Å². The first kappa shape index (κ1) is 19.5. The molecule has 0 saturated carbocycles. The first-order chi connectivity index (χ1) is 23.4. The van der Waals surface area contributed by atoms with Crippen molar-refractivity contribution in [2.24, 2.45) is 0 Å². The summed E-state index contributed by atoms with van der Waals surface area (Å²) < 4.78 is 49.2. The van der Waals surface area contributed by atoms with Gasteiger partial charge in [-0.05, 0) is 78.3 Å². The molecule has 0 fully saturated rings. The van der Waals surface area contributed by atoms with E-state index >= 15 is 0 Å². The minimum Gasteiger partial charge on any atom is -0.455 e. The van der Waals surface area contributed by atoms with Crippen molar-refractivity contribution in [1.29, 1.82) is 0 Å². The van der Waals surface area contributed by atoms with Crippen molar-refractivity contribution in [3.05, 3.63) is 158 Å². The molecule has 0 amide bonds. The molecule has 0 N–H and O–H groups in total. The molecular weight excluding hydrogens is 520 g/mol. The fourth-order valence-electron chi connectivity index (χ4n) is 6.64. The van der Waals surface area contributed by atoms with Gasteiger partial charge in [0.25, 0.3) is 0 Å². The van der Waals surface area contributed by atoms with E-state index in [-0.39, 0.29) is 29.7 Å². The lowest BCUT2D eigenvalue weighted by molar-refractivity contribution is 0.670. The molecular formula is C42H26O. The lowest BCUT2D eigenvalue weighted by Crippen LogP contribution is -1.91. The minimum atomic E-state index is -0.399. The highest BCUT2D eigenvalue weighted by molar-refractivity contribution is 6.21. The standard InChI is InChI=1S/C42H26O/c1-2-12-27(13-3-1)40-33-18-6-8-20-35(33)41(36-21-9-7-19-34(36)40)31-17-10-16-30(24-31)32-22-11-23-37-38-25-28-14-4-5-15-29(28)26-39(38)43-42(32)37/h1-26H/i1D,2D,3D,12D,13D. The van der Waals surface area contributed by atoms with Crippen molar-refractivity contribution in [2.45, 2.75) is 0 Å². The Morgan fingerprint density at radius 1 is 0.419 bits per heavy atom. The van der Waals surface area contributed by atoms with E-state index in [9.17, 15) is 0 Å². The van der Waals surface area contributed by atoms with Crippen molar-refractivity contribution in [1.82, 2.24) is 0 Å². The second-order valence-electron chi connectivity index (χ2n) is 10.9. The molecule has 0 aliphatic heterocycles. The summed E-state index contributed by atoms with van der Waals surface area (Å²) in [6.07, 6.45) is 0. The maximum absolute atomic E-state index is 8.83. The summed E-state index contributed by atoms with van der Waals surface area (Å²) in [6.45, 7) is 0. The summed E-state index contributed by atoms with van der Waals surface area (Å²) in [5.74, 6) is 0. The Bertz CT molecular complexity index is 2710. The normalized spacial score (nSPS) is 13.3. The third kappa shape index (κ3) is 3.72. The van der Waals surface area contributed by atoms with Crippen LogP contribution >= 0.6 is 0 Å². The quantitative estimate of drug-likeness (QED) is 0.199. The Morgan fingerprint density at radius 3 is 1.67 bits per heavy atom. The van der Waals surface area contributed by atoms with Gasteiger partial charge in [-0.2, -0.15) is 0 Å². The molecule has 1 nitrogen and oxygen atoms in total. The summed E-state index contributed by atoms with van der Waals surface area (Å²) in [4.78, 5) is 0. The van der Waals surface area contributed by atoms with Crippen LogP contribution in [0, 0.1) is 0 Å². The van der Waals surface area contributed by atoms with Gasteiger partial charge in [-0.1, -0.05) is 139 Å². The van der Waals surface area contributed by atoms with Crippen molar-refractivity contribution in [3.8, 4) is 33.4 Å². The first-order valence-corrected chi connectivity index (χ1v) is 14.4. The molecule has 0 atom stereocenters. The highest BCUT2D eigenvalue weighted by Crippen LogP contribution is 2.45. The third-order valence-corrected chi connectivity index (χ3v) is 8.51. The Kier molecular flexibility index (Phi) is 4.27. The third-order valence-electron chi connectivity index (χ3n) is 8.51. The second kappa shape index (κ2) is 9.44. The van der Waals surface area contributed by atoms with Crippen LogP contribution in [0.3, 0.4) is 0 Å². The zero-order chi connectivity index (χ0) is 32.7. The zero-order valence-corrected chi connectivity index (χ0v) is 23.0. The van der Waals surface area contributed by atoms with Crippen LogP contribution in [0.15, 0.2) is 162 Å². The number of hydrogen-bond acceptors (Lipinski definition) is 1. The van der Waals surface area contributed by atoms with Crippen molar-refractivity contribution in [3.63, 3.8) is 0 Å². The number of furan rings is 1. The monoisotopic (exact) mass is 551 g/mol. The van der Waals surface area contributed by atoms with E-state index in [0.717, 1.165) is 71.1 Å². The molecule has 43 heavy (non-hydrogen) atoms. The summed E-state index contributed by atoms with van der Waals surface area (Å²) in [5, 5.41) is 7.97. The topological polar surface area (TPSA) is 13.1 Å². The van der Waals surface area contributed by atoms with E-state index in [1.54, 1.807) is 0 Å². The second-order valence-corrected chi connectivity index (χ2v) is 10.9. The maximum atomic E-state index is 8.83. The molecule has 0 aliphatic rings. The van der Waals surface area contributed by atoms with Gasteiger partial charge in [-0.25, -0.2) is 0 Å².